The maximum absolute atomic E-state index is 11.8. The smallest absolute Gasteiger partial charge is 0.222 e. The Labute approximate surface area is 109 Å². The molecule has 3 heteroatoms. The number of amides is 1. The van der Waals surface area contributed by atoms with Crippen LogP contribution in [0.2, 0.25) is 0 Å². The van der Waals surface area contributed by atoms with Gasteiger partial charge in [-0.1, -0.05) is 12.1 Å². The van der Waals surface area contributed by atoms with Crippen LogP contribution in [0.3, 0.4) is 0 Å². The topological polar surface area (TPSA) is 40.5 Å². The van der Waals surface area contributed by atoms with Crippen LogP contribution in [-0.2, 0) is 11.3 Å². The first-order valence-corrected chi connectivity index (χ1v) is 6.37. The molecule has 0 aliphatic heterocycles. The third-order valence-corrected chi connectivity index (χ3v) is 3.33. The molecule has 0 atom stereocenters. The second-order valence-corrected chi connectivity index (χ2v) is 4.94. The van der Waals surface area contributed by atoms with E-state index in [4.69, 9.17) is 5.11 Å². The number of benzene rings is 1. The number of aryl methyl sites for hydroxylation is 3. The lowest BCUT2D eigenvalue weighted by molar-refractivity contribution is -0.130. The standard InChI is InChI=1S/C15H23NO2/c1-11-8-13(3)14(9-12(11)2)10-16(4)15(18)6-5-7-17/h8-9,17H,5-7,10H2,1-4H3. The van der Waals surface area contributed by atoms with Crippen LogP contribution in [0, 0.1) is 20.8 Å². The molecule has 0 saturated heterocycles. The van der Waals surface area contributed by atoms with E-state index in [0.29, 0.717) is 19.4 Å². The zero-order chi connectivity index (χ0) is 13.7. The van der Waals surface area contributed by atoms with Gasteiger partial charge in [0.2, 0.25) is 5.91 Å². The summed E-state index contributed by atoms with van der Waals surface area (Å²) in [6.45, 7) is 6.97. The number of hydrogen-bond acceptors (Lipinski definition) is 2. The van der Waals surface area contributed by atoms with Gasteiger partial charge < -0.3 is 10.0 Å². The maximum Gasteiger partial charge on any atom is 0.222 e. The van der Waals surface area contributed by atoms with E-state index in [1.165, 1.54) is 22.3 Å². The fraction of sp³-hybridized carbons (Fsp3) is 0.533. The highest BCUT2D eigenvalue weighted by atomic mass is 16.3. The van der Waals surface area contributed by atoms with Gasteiger partial charge in [0.05, 0.1) is 0 Å². The van der Waals surface area contributed by atoms with Gasteiger partial charge in [0.25, 0.3) is 0 Å². The van der Waals surface area contributed by atoms with Gasteiger partial charge in [-0.05, 0) is 49.4 Å². The first-order valence-electron chi connectivity index (χ1n) is 6.37. The van der Waals surface area contributed by atoms with E-state index in [1.807, 2.05) is 7.05 Å². The summed E-state index contributed by atoms with van der Waals surface area (Å²) in [6.07, 6.45) is 0.950. The Balaban J connectivity index is 2.72. The molecule has 0 spiro atoms. The molecule has 0 unspecified atom stereocenters. The van der Waals surface area contributed by atoms with Crippen molar-refractivity contribution in [3.63, 3.8) is 0 Å². The van der Waals surface area contributed by atoms with Gasteiger partial charge in [0.1, 0.15) is 0 Å². The van der Waals surface area contributed by atoms with Crippen LogP contribution in [-0.4, -0.2) is 29.6 Å². The van der Waals surface area contributed by atoms with Crippen molar-refractivity contribution in [3.05, 3.63) is 34.4 Å². The predicted molar refractivity (Wildman–Crippen MR) is 73.4 cm³/mol. The normalized spacial score (nSPS) is 10.5. The largest absolute Gasteiger partial charge is 0.396 e. The summed E-state index contributed by atoms with van der Waals surface area (Å²) in [6, 6.07) is 4.32. The summed E-state index contributed by atoms with van der Waals surface area (Å²) < 4.78 is 0. The molecular formula is C15H23NO2. The molecule has 0 saturated carbocycles. The molecule has 0 aliphatic rings. The molecule has 3 nitrogen and oxygen atoms in total. The van der Waals surface area contributed by atoms with Crippen LogP contribution < -0.4 is 0 Å². The molecule has 0 fully saturated rings. The van der Waals surface area contributed by atoms with Crippen LogP contribution in [0.4, 0.5) is 0 Å². The monoisotopic (exact) mass is 249 g/mol. The molecule has 0 bridgehead atoms. The number of nitrogens with zero attached hydrogens (tertiary/aromatic N) is 1. The van der Waals surface area contributed by atoms with Crippen LogP contribution in [0.5, 0.6) is 0 Å². The molecule has 0 radical (unpaired) electrons. The Morgan fingerprint density at radius 1 is 1.17 bits per heavy atom. The van der Waals surface area contributed by atoms with E-state index in [-0.39, 0.29) is 12.5 Å². The van der Waals surface area contributed by atoms with Crippen molar-refractivity contribution in [2.75, 3.05) is 13.7 Å². The highest BCUT2D eigenvalue weighted by molar-refractivity contribution is 5.75. The van der Waals surface area contributed by atoms with E-state index in [1.54, 1.807) is 4.90 Å². The Morgan fingerprint density at radius 2 is 1.78 bits per heavy atom. The summed E-state index contributed by atoms with van der Waals surface area (Å²) in [5.41, 5.74) is 4.95. The van der Waals surface area contributed by atoms with E-state index < -0.39 is 0 Å². The summed E-state index contributed by atoms with van der Waals surface area (Å²) in [4.78, 5) is 13.5. The molecule has 1 rings (SSSR count). The number of aliphatic hydroxyl groups is 1. The lowest BCUT2D eigenvalue weighted by atomic mass is 10.0. The van der Waals surface area contributed by atoms with Gasteiger partial charge in [-0.3, -0.25) is 4.79 Å². The molecule has 1 N–H and O–H groups in total. The molecule has 1 aromatic rings. The zero-order valence-corrected chi connectivity index (χ0v) is 11.8. The SMILES string of the molecule is Cc1cc(C)c(CN(C)C(=O)CCCO)cc1C. The quantitative estimate of drug-likeness (QED) is 0.870. The molecule has 0 heterocycles. The lowest BCUT2D eigenvalue weighted by Gasteiger charge is -2.19. The van der Waals surface area contributed by atoms with E-state index >= 15 is 0 Å². The molecular weight excluding hydrogens is 226 g/mol. The molecule has 0 aliphatic carbocycles. The fourth-order valence-corrected chi connectivity index (χ4v) is 1.96. The Kier molecular flexibility index (Phi) is 5.35. The fourth-order valence-electron chi connectivity index (χ4n) is 1.96. The minimum absolute atomic E-state index is 0.0717. The van der Waals surface area contributed by atoms with Crippen LogP contribution >= 0.6 is 0 Å². The highest BCUT2D eigenvalue weighted by Crippen LogP contribution is 2.17. The molecule has 0 aromatic heterocycles. The second kappa shape index (κ2) is 6.55. The van der Waals surface area contributed by atoms with E-state index in [9.17, 15) is 4.79 Å². The Morgan fingerprint density at radius 3 is 2.39 bits per heavy atom. The van der Waals surface area contributed by atoms with Crippen molar-refractivity contribution < 1.29 is 9.90 Å². The van der Waals surface area contributed by atoms with Crippen molar-refractivity contribution in [1.82, 2.24) is 4.90 Å². The van der Waals surface area contributed by atoms with Crippen molar-refractivity contribution in [1.29, 1.82) is 0 Å². The number of rotatable bonds is 5. The zero-order valence-electron chi connectivity index (χ0n) is 11.8. The summed E-state index contributed by atoms with van der Waals surface area (Å²) in [5.74, 6) is 0.0849. The highest BCUT2D eigenvalue weighted by Gasteiger charge is 2.10. The van der Waals surface area contributed by atoms with Crippen LogP contribution in [0.1, 0.15) is 35.1 Å². The predicted octanol–water partition coefficient (Wildman–Crippen LogP) is 2.34. The Bertz CT molecular complexity index is 427. The Hall–Kier alpha value is -1.35. The first kappa shape index (κ1) is 14.7. The van der Waals surface area contributed by atoms with Gasteiger partial charge in [0.15, 0.2) is 0 Å². The summed E-state index contributed by atoms with van der Waals surface area (Å²) in [7, 11) is 1.81. The summed E-state index contributed by atoms with van der Waals surface area (Å²) in [5, 5.41) is 8.73. The lowest BCUT2D eigenvalue weighted by Crippen LogP contribution is -2.26. The average molecular weight is 249 g/mol. The number of hydrogen-bond donors (Lipinski definition) is 1. The van der Waals surface area contributed by atoms with Crippen molar-refractivity contribution in [3.8, 4) is 0 Å². The van der Waals surface area contributed by atoms with Gasteiger partial charge in [-0.2, -0.15) is 0 Å². The van der Waals surface area contributed by atoms with Crippen LogP contribution in [0.15, 0.2) is 12.1 Å². The van der Waals surface area contributed by atoms with E-state index in [2.05, 4.69) is 32.9 Å². The number of aliphatic hydroxyl groups excluding tert-OH is 1. The van der Waals surface area contributed by atoms with Gasteiger partial charge in [0, 0.05) is 26.6 Å². The number of carbonyl (C=O) groups is 1. The average Bonchev–Trinajstić information content (AvgIpc) is 2.32. The van der Waals surface area contributed by atoms with Gasteiger partial charge in [-0.25, -0.2) is 0 Å². The van der Waals surface area contributed by atoms with E-state index in [0.717, 1.165) is 0 Å². The van der Waals surface area contributed by atoms with Gasteiger partial charge in [-0.15, -0.1) is 0 Å². The third kappa shape index (κ3) is 3.84. The minimum atomic E-state index is 0.0717. The van der Waals surface area contributed by atoms with Crippen molar-refractivity contribution >= 4 is 5.91 Å². The molecule has 18 heavy (non-hydrogen) atoms. The second-order valence-electron chi connectivity index (χ2n) is 4.94. The molecule has 1 amide bonds. The van der Waals surface area contributed by atoms with Crippen LogP contribution in [0.25, 0.3) is 0 Å². The van der Waals surface area contributed by atoms with Crippen molar-refractivity contribution in [2.24, 2.45) is 0 Å². The van der Waals surface area contributed by atoms with Gasteiger partial charge >= 0.3 is 0 Å². The minimum Gasteiger partial charge on any atom is -0.396 e. The molecule has 100 valence electrons. The first-order chi connectivity index (χ1) is 8.45. The summed E-state index contributed by atoms with van der Waals surface area (Å²) >= 11 is 0. The third-order valence-electron chi connectivity index (χ3n) is 3.33. The molecule has 1 aromatic carbocycles. The number of carbonyl (C=O) groups excluding carboxylic acids is 1. The maximum atomic E-state index is 11.8. The van der Waals surface area contributed by atoms with Crippen molar-refractivity contribution in [2.45, 2.75) is 40.2 Å².